The van der Waals surface area contributed by atoms with Gasteiger partial charge in [-0.3, -0.25) is 9.88 Å². The molecule has 112 valence electrons. The fraction of sp³-hybridized carbons (Fsp3) is 0.643. The van der Waals surface area contributed by atoms with Gasteiger partial charge in [0, 0.05) is 20.3 Å². The van der Waals surface area contributed by atoms with Gasteiger partial charge in [0.15, 0.2) is 0 Å². The molecule has 20 heavy (non-hydrogen) atoms. The van der Waals surface area contributed by atoms with Crippen molar-refractivity contribution in [1.82, 2.24) is 14.2 Å². The summed E-state index contributed by atoms with van der Waals surface area (Å²) in [7, 11) is 0.0894. The van der Waals surface area contributed by atoms with Gasteiger partial charge < -0.3 is 0 Å². The normalized spacial score (nSPS) is 20.6. The molecule has 0 aromatic carbocycles. The van der Waals surface area contributed by atoms with Gasteiger partial charge in [0.25, 0.3) is 0 Å². The van der Waals surface area contributed by atoms with Crippen LogP contribution in [0.15, 0.2) is 24.4 Å². The Labute approximate surface area is 121 Å². The molecule has 0 N–H and O–H groups in total. The van der Waals surface area contributed by atoms with Gasteiger partial charge in [-0.25, -0.2) is 12.7 Å². The van der Waals surface area contributed by atoms with Crippen molar-refractivity contribution in [2.24, 2.45) is 0 Å². The fourth-order valence-electron chi connectivity index (χ4n) is 2.63. The second-order valence-electron chi connectivity index (χ2n) is 5.40. The van der Waals surface area contributed by atoms with Crippen LogP contribution in [-0.2, 0) is 10.0 Å². The summed E-state index contributed by atoms with van der Waals surface area (Å²) in [6.45, 7) is 1.84. The van der Waals surface area contributed by atoms with Gasteiger partial charge >= 0.3 is 0 Å². The third-order valence-electron chi connectivity index (χ3n) is 3.80. The predicted molar refractivity (Wildman–Crippen MR) is 79.9 cm³/mol. The second-order valence-corrected chi connectivity index (χ2v) is 7.70. The van der Waals surface area contributed by atoms with Crippen molar-refractivity contribution < 1.29 is 8.42 Å². The Morgan fingerprint density at radius 2 is 2.20 bits per heavy atom. The van der Waals surface area contributed by atoms with Crippen LogP contribution in [0, 0.1) is 0 Å². The number of rotatable bonds is 6. The van der Waals surface area contributed by atoms with Crippen LogP contribution in [0.5, 0.6) is 0 Å². The van der Waals surface area contributed by atoms with Crippen LogP contribution in [0.1, 0.15) is 31.0 Å². The van der Waals surface area contributed by atoms with E-state index < -0.39 is 10.0 Å². The molecule has 0 unspecified atom stereocenters. The largest absolute Gasteiger partial charge is 0.295 e. The van der Waals surface area contributed by atoms with Crippen LogP contribution in [0.4, 0.5) is 0 Å². The van der Waals surface area contributed by atoms with Crippen molar-refractivity contribution >= 4 is 10.0 Å². The van der Waals surface area contributed by atoms with E-state index in [-0.39, 0.29) is 5.75 Å². The summed E-state index contributed by atoms with van der Waals surface area (Å²) in [4.78, 5) is 6.78. The highest BCUT2D eigenvalue weighted by Crippen LogP contribution is 2.30. The minimum atomic E-state index is -3.08. The summed E-state index contributed by atoms with van der Waals surface area (Å²) in [5.74, 6) is 0.214. The number of aromatic nitrogens is 1. The average molecular weight is 297 g/mol. The Kier molecular flexibility index (Phi) is 5.12. The molecule has 1 aromatic rings. The third-order valence-corrected chi connectivity index (χ3v) is 5.71. The first-order chi connectivity index (χ1) is 9.50. The highest BCUT2D eigenvalue weighted by atomic mass is 32.2. The molecular formula is C14H23N3O2S. The molecule has 0 bridgehead atoms. The molecule has 0 saturated carbocycles. The maximum absolute atomic E-state index is 11.8. The highest BCUT2D eigenvalue weighted by molar-refractivity contribution is 7.89. The molecule has 5 nitrogen and oxygen atoms in total. The second kappa shape index (κ2) is 6.65. The maximum Gasteiger partial charge on any atom is 0.213 e. The number of hydrogen-bond acceptors (Lipinski definition) is 4. The first kappa shape index (κ1) is 15.4. The molecule has 0 aliphatic carbocycles. The van der Waals surface area contributed by atoms with E-state index in [1.807, 2.05) is 18.3 Å². The maximum atomic E-state index is 11.8. The molecule has 1 aliphatic rings. The third kappa shape index (κ3) is 3.77. The van der Waals surface area contributed by atoms with E-state index in [1.54, 1.807) is 14.1 Å². The molecule has 2 heterocycles. The fourth-order valence-corrected chi connectivity index (χ4v) is 3.49. The molecule has 1 saturated heterocycles. The Morgan fingerprint density at radius 1 is 1.40 bits per heavy atom. The lowest BCUT2D eigenvalue weighted by Gasteiger charge is -2.24. The zero-order valence-corrected chi connectivity index (χ0v) is 13.0. The van der Waals surface area contributed by atoms with Gasteiger partial charge in [-0.05, 0) is 44.5 Å². The van der Waals surface area contributed by atoms with Gasteiger partial charge in [-0.1, -0.05) is 6.07 Å². The summed E-state index contributed by atoms with van der Waals surface area (Å²) >= 11 is 0. The quantitative estimate of drug-likeness (QED) is 0.798. The number of hydrogen-bond donors (Lipinski definition) is 0. The summed E-state index contributed by atoms with van der Waals surface area (Å²) in [6.07, 6.45) is 4.76. The molecule has 0 amide bonds. The van der Waals surface area contributed by atoms with E-state index in [9.17, 15) is 8.42 Å². The predicted octanol–water partition coefficient (Wildman–Crippen LogP) is 1.50. The molecular weight excluding hydrogens is 274 g/mol. The summed E-state index contributed by atoms with van der Waals surface area (Å²) < 4.78 is 24.8. The van der Waals surface area contributed by atoms with Crippen LogP contribution in [0.2, 0.25) is 0 Å². The summed E-state index contributed by atoms with van der Waals surface area (Å²) in [5, 5.41) is 0. The molecule has 0 radical (unpaired) electrons. The smallest absolute Gasteiger partial charge is 0.213 e. The van der Waals surface area contributed by atoms with E-state index in [1.165, 1.54) is 4.31 Å². The highest BCUT2D eigenvalue weighted by Gasteiger charge is 2.26. The first-order valence-electron chi connectivity index (χ1n) is 7.06. The summed E-state index contributed by atoms with van der Waals surface area (Å²) in [6, 6.07) is 6.33. The summed E-state index contributed by atoms with van der Waals surface area (Å²) in [5.41, 5.74) is 1.10. The van der Waals surface area contributed by atoms with E-state index in [4.69, 9.17) is 0 Å². The molecule has 1 atom stereocenters. The molecule has 2 rings (SSSR count). The minimum Gasteiger partial charge on any atom is -0.295 e. The molecule has 1 fully saturated rings. The molecule has 1 aliphatic heterocycles. The lowest BCUT2D eigenvalue weighted by atomic mass is 10.1. The Morgan fingerprint density at radius 3 is 2.85 bits per heavy atom. The number of sulfonamides is 1. The Balaban J connectivity index is 1.90. The monoisotopic (exact) mass is 297 g/mol. The van der Waals surface area contributed by atoms with Crippen LogP contribution >= 0.6 is 0 Å². The first-order valence-corrected chi connectivity index (χ1v) is 8.67. The van der Waals surface area contributed by atoms with Gasteiger partial charge in [0.05, 0.1) is 17.5 Å². The van der Waals surface area contributed by atoms with Gasteiger partial charge in [0.1, 0.15) is 0 Å². The minimum absolute atomic E-state index is 0.214. The standard InChI is InChI=1S/C14H23N3O2S/c1-16(2)20(18,19)12-6-11-17-10-5-8-14(17)13-7-3-4-9-15-13/h3-4,7,9,14H,5-6,8,10-12H2,1-2H3/t14-/m0/s1. The van der Waals surface area contributed by atoms with Crippen molar-refractivity contribution in [1.29, 1.82) is 0 Å². The van der Waals surface area contributed by atoms with Crippen molar-refractivity contribution in [3.63, 3.8) is 0 Å². The number of pyridine rings is 1. The lowest BCUT2D eigenvalue weighted by Crippen LogP contribution is -2.29. The molecule has 1 aromatic heterocycles. The zero-order chi connectivity index (χ0) is 14.6. The van der Waals surface area contributed by atoms with Crippen LogP contribution in [0.3, 0.4) is 0 Å². The van der Waals surface area contributed by atoms with E-state index in [0.29, 0.717) is 12.5 Å². The van der Waals surface area contributed by atoms with Gasteiger partial charge in [0.2, 0.25) is 10.0 Å². The van der Waals surface area contributed by atoms with Crippen LogP contribution in [0.25, 0.3) is 0 Å². The van der Waals surface area contributed by atoms with Crippen molar-refractivity contribution in [2.75, 3.05) is 32.9 Å². The SMILES string of the molecule is CN(C)S(=O)(=O)CCCN1CCC[C@H]1c1ccccn1. The van der Waals surface area contributed by atoms with E-state index in [0.717, 1.165) is 31.6 Å². The Bertz CT molecular complexity index is 516. The van der Waals surface area contributed by atoms with E-state index >= 15 is 0 Å². The average Bonchev–Trinajstić information content (AvgIpc) is 2.88. The van der Waals surface area contributed by atoms with Crippen molar-refractivity contribution in [3.05, 3.63) is 30.1 Å². The van der Waals surface area contributed by atoms with Crippen molar-refractivity contribution in [2.45, 2.75) is 25.3 Å². The van der Waals surface area contributed by atoms with Crippen LogP contribution < -0.4 is 0 Å². The molecule has 6 heteroatoms. The molecule has 0 spiro atoms. The van der Waals surface area contributed by atoms with Crippen molar-refractivity contribution in [3.8, 4) is 0 Å². The Hall–Kier alpha value is -0.980. The topological polar surface area (TPSA) is 53.5 Å². The lowest BCUT2D eigenvalue weighted by molar-refractivity contribution is 0.253. The zero-order valence-electron chi connectivity index (χ0n) is 12.2. The van der Waals surface area contributed by atoms with Crippen LogP contribution in [-0.4, -0.2) is 55.5 Å². The van der Waals surface area contributed by atoms with E-state index in [2.05, 4.69) is 16.0 Å². The van der Waals surface area contributed by atoms with Gasteiger partial charge in [-0.2, -0.15) is 0 Å². The number of likely N-dealkylation sites (tertiary alicyclic amines) is 1. The van der Waals surface area contributed by atoms with Gasteiger partial charge in [-0.15, -0.1) is 0 Å². The number of nitrogens with zero attached hydrogens (tertiary/aromatic N) is 3.